The fourth-order valence-corrected chi connectivity index (χ4v) is 6.28. The first-order chi connectivity index (χ1) is 14.9. The highest BCUT2D eigenvalue weighted by Crippen LogP contribution is 2.60. The standard InChI is InChI=1S/C26H41N3O2/c1-26-13-12-22-21-9-7-20(30-16-14-28(2)3)18-19(21)6-8-23(22)24(26)10-11-25(26)27-31-17-15-29(4)5/h7,9,18,22-24H,6,8,10-17H2,1-5H3/b27-25-/t22-,23-,24+,26+/m1/s1. The van der Waals surface area contributed by atoms with Crippen molar-refractivity contribution in [1.29, 1.82) is 0 Å². The summed E-state index contributed by atoms with van der Waals surface area (Å²) in [6.45, 7) is 5.75. The highest BCUT2D eigenvalue weighted by Gasteiger charge is 2.53. The number of likely N-dealkylation sites (N-methyl/N-ethyl adjacent to an activating group) is 2. The van der Waals surface area contributed by atoms with Crippen molar-refractivity contribution < 1.29 is 9.57 Å². The number of hydrogen-bond donors (Lipinski definition) is 0. The van der Waals surface area contributed by atoms with Gasteiger partial charge in [-0.1, -0.05) is 18.1 Å². The van der Waals surface area contributed by atoms with Gasteiger partial charge in [-0.15, -0.1) is 0 Å². The SMILES string of the molecule is CN(C)CCO/N=C1/CC[C@H]2[C@@H]3CCc4cc(OCCN(C)C)ccc4[C@H]3CC[C@]12C. The molecule has 1 aromatic rings. The molecule has 4 atom stereocenters. The van der Waals surface area contributed by atoms with Crippen molar-refractivity contribution in [2.45, 2.75) is 51.4 Å². The minimum atomic E-state index is 0.228. The van der Waals surface area contributed by atoms with Crippen LogP contribution >= 0.6 is 0 Å². The Bertz CT molecular complexity index is 791. The molecule has 5 heteroatoms. The first-order valence-corrected chi connectivity index (χ1v) is 12.1. The third kappa shape index (κ3) is 4.78. The molecule has 2 saturated carbocycles. The molecule has 0 N–H and O–H groups in total. The third-order valence-corrected chi connectivity index (χ3v) is 8.05. The molecular formula is C26H41N3O2. The zero-order valence-electron chi connectivity index (χ0n) is 20.2. The van der Waals surface area contributed by atoms with E-state index < -0.39 is 0 Å². The van der Waals surface area contributed by atoms with E-state index in [1.54, 1.807) is 5.56 Å². The number of oxime groups is 1. The molecule has 0 heterocycles. The van der Waals surface area contributed by atoms with E-state index in [-0.39, 0.29) is 5.41 Å². The number of benzene rings is 1. The van der Waals surface area contributed by atoms with Gasteiger partial charge in [0, 0.05) is 18.5 Å². The van der Waals surface area contributed by atoms with Crippen LogP contribution in [0.3, 0.4) is 0 Å². The monoisotopic (exact) mass is 427 g/mol. The summed E-state index contributed by atoms with van der Waals surface area (Å²) in [6, 6.07) is 6.88. The van der Waals surface area contributed by atoms with Gasteiger partial charge in [0.15, 0.2) is 0 Å². The molecule has 0 bridgehead atoms. The molecule has 31 heavy (non-hydrogen) atoms. The van der Waals surface area contributed by atoms with Crippen molar-refractivity contribution in [2.75, 3.05) is 54.5 Å². The van der Waals surface area contributed by atoms with E-state index in [4.69, 9.17) is 9.57 Å². The third-order valence-electron chi connectivity index (χ3n) is 8.05. The summed E-state index contributed by atoms with van der Waals surface area (Å²) in [6.07, 6.45) is 7.36. The van der Waals surface area contributed by atoms with Crippen LogP contribution in [0.25, 0.3) is 0 Å². The lowest BCUT2D eigenvalue weighted by molar-refractivity contribution is 0.0870. The molecule has 5 nitrogen and oxygen atoms in total. The number of fused-ring (bicyclic) bond motifs is 5. The molecule has 2 fully saturated rings. The molecule has 3 aliphatic carbocycles. The Hall–Kier alpha value is -1.59. The minimum absolute atomic E-state index is 0.228. The molecule has 0 unspecified atom stereocenters. The van der Waals surface area contributed by atoms with E-state index in [9.17, 15) is 0 Å². The summed E-state index contributed by atoms with van der Waals surface area (Å²) in [5.41, 5.74) is 4.66. The van der Waals surface area contributed by atoms with Crippen LogP contribution in [0.4, 0.5) is 0 Å². The van der Waals surface area contributed by atoms with Gasteiger partial charge in [-0.3, -0.25) is 0 Å². The Kier molecular flexibility index (Phi) is 6.92. The molecule has 0 amide bonds. The van der Waals surface area contributed by atoms with Crippen molar-refractivity contribution in [1.82, 2.24) is 9.80 Å². The first kappa shape index (κ1) is 22.6. The minimum Gasteiger partial charge on any atom is -0.492 e. The Morgan fingerprint density at radius 2 is 1.77 bits per heavy atom. The van der Waals surface area contributed by atoms with Gasteiger partial charge in [0.2, 0.25) is 0 Å². The zero-order valence-corrected chi connectivity index (χ0v) is 20.2. The summed E-state index contributed by atoms with van der Waals surface area (Å²) >= 11 is 0. The smallest absolute Gasteiger partial charge is 0.129 e. The lowest BCUT2D eigenvalue weighted by Crippen LogP contribution is -2.42. The number of nitrogens with zero attached hydrogens (tertiary/aromatic N) is 3. The first-order valence-electron chi connectivity index (χ1n) is 12.1. The van der Waals surface area contributed by atoms with Crippen LogP contribution in [-0.2, 0) is 11.3 Å². The van der Waals surface area contributed by atoms with E-state index in [1.165, 1.54) is 43.4 Å². The van der Waals surface area contributed by atoms with Gasteiger partial charge < -0.3 is 19.4 Å². The molecule has 0 radical (unpaired) electrons. The van der Waals surface area contributed by atoms with Crippen LogP contribution in [0.1, 0.15) is 56.1 Å². The van der Waals surface area contributed by atoms with Crippen molar-refractivity contribution in [2.24, 2.45) is 22.4 Å². The summed E-state index contributed by atoms with van der Waals surface area (Å²) in [4.78, 5) is 10.0. The van der Waals surface area contributed by atoms with Crippen LogP contribution in [0.15, 0.2) is 23.4 Å². The van der Waals surface area contributed by atoms with Crippen molar-refractivity contribution >= 4 is 5.71 Å². The molecule has 1 aromatic carbocycles. The van der Waals surface area contributed by atoms with Gasteiger partial charge >= 0.3 is 0 Å². The van der Waals surface area contributed by atoms with Gasteiger partial charge in [-0.2, -0.15) is 0 Å². The average Bonchev–Trinajstić information content (AvgIpc) is 3.07. The Labute approximate surface area is 188 Å². The quantitative estimate of drug-likeness (QED) is 0.455. The number of rotatable bonds is 8. The molecule has 0 aliphatic heterocycles. The van der Waals surface area contributed by atoms with Crippen LogP contribution in [0.2, 0.25) is 0 Å². The maximum Gasteiger partial charge on any atom is 0.129 e. The fraction of sp³-hybridized carbons (Fsp3) is 0.731. The van der Waals surface area contributed by atoms with Crippen LogP contribution in [0, 0.1) is 17.3 Å². The van der Waals surface area contributed by atoms with E-state index in [0.717, 1.165) is 43.7 Å². The Morgan fingerprint density at radius 1 is 1.00 bits per heavy atom. The predicted molar refractivity (Wildman–Crippen MR) is 127 cm³/mol. The zero-order chi connectivity index (χ0) is 22.0. The van der Waals surface area contributed by atoms with E-state index in [1.807, 2.05) is 0 Å². The maximum atomic E-state index is 6.01. The summed E-state index contributed by atoms with van der Waals surface area (Å²) in [7, 11) is 8.32. The number of aryl methyl sites for hydroxylation is 1. The molecule has 0 saturated heterocycles. The van der Waals surface area contributed by atoms with Gasteiger partial charge in [0.1, 0.15) is 19.0 Å². The van der Waals surface area contributed by atoms with E-state index in [0.29, 0.717) is 12.5 Å². The molecule has 0 aromatic heterocycles. The highest BCUT2D eigenvalue weighted by molar-refractivity contribution is 5.92. The molecule has 172 valence electrons. The topological polar surface area (TPSA) is 37.3 Å². The lowest BCUT2D eigenvalue weighted by atomic mass is 9.55. The van der Waals surface area contributed by atoms with E-state index in [2.05, 4.69) is 68.3 Å². The molecule has 4 rings (SSSR count). The van der Waals surface area contributed by atoms with Crippen LogP contribution in [-0.4, -0.2) is 70.0 Å². The summed E-state index contributed by atoms with van der Waals surface area (Å²) in [5.74, 6) is 3.25. The van der Waals surface area contributed by atoms with Gasteiger partial charge in [0.25, 0.3) is 0 Å². The van der Waals surface area contributed by atoms with Gasteiger partial charge in [-0.05, 0) is 108 Å². The fourth-order valence-electron chi connectivity index (χ4n) is 6.28. The second-order valence-corrected chi connectivity index (χ2v) is 10.6. The van der Waals surface area contributed by atoms with Gasteiger partial charge in [0.05, 0.1) is 5.71 Å². The summed E-state index contributed by atoms with van der Waals surface area (Å²) in [5, 5.41) is 4.66. The maximum absolute atomic E-state index is 6.01. The van der Waals surface area contributed by atoms with Crippen molar-refractivity contribution in [3.63, 3.8) is 0 Å². The number of ether oxygens (including phenoxy) is 1. The Balaban J connectivity index is 1.43. The molecule has 0 spiro atoms. The second-order valence-electron chi connectivity index (χ2n) is 10.6. The predicted octanol–water partition coefficient (Wildman–Crippen LogP) is 4.42. The second kappa shape index (κ2) is 9.50. The van der Waals surface area contributed by atoms with E-state index >= 15 is 0 Å². The van der Waals surface area contributed by atoms with Crippen molar-refractivity contribution in [3.8, 4) is 5.75 Å². The van der Waals surface area contributed by atoms with Gasteiger partial charge in [-0.25, -0.2) is 0 Å². The van der Waals surface area contributed by atoms with Crippen LogP contribution < -0.4 is 4.74 Å². The summed E-state index contributed by atoms with van der Waals surface area (Å²) < 4.78 is 6.01. The largest absolute Gasteiger partial charge is 0.492 e. The van der Waals surface area contributed by atoms with Crippen molar-refractivity contribution in [3.05, 3.63) is 29.3 Å². The highest BCUT2D eigenvalue weighted by atomic mass is 16.6. The normalized spacial score (nSPS) is 30.9. The Morgan fingerprint density at radius 3 is 2.55 bits per heavy atom. The molecule has 3 aliphatic rings. The van der Waals surface area contributed by atoms with Crippen LogP contribution in [0.5, 0.6) is 5.75 Å². The lowest BCUT2D eigenvalue weighted by Gasteiger charge is -2.49. The number of hydrogen-bond acceptors (Lipinski definition) is 5. The average molecular weight is 428 g/mol. The molecular weight excluding hydrogens is 386 g/mol.